The van der Waals surface area contributed by atoms with Crippen molar-refractivity contribution in [2.45, 2.75) is 18.7 Å². The van der Waals surface area contributed by atoms with Crippen LogP contribution in [0.2, 0.25) is 0 Å². The van der Waals surface area contributed by atoms with Gasteiger partial charge in [-0.1, -0.05) is 12.1 Å². The van der Waals surface area contributed by atoms with Crippen LogP contribution in [0.4, 0.5) is 11.6 Å². The van der Waals surface area contributed by atoms with E-state index < -0.39 is 14.9 Å². The highest BCUT2D eigenvalue weighted by molar-refractivity contribution is 7.89. The first-order valence-corrected chi connectivity index (χ1v) is 10.7. The Morgan fingerprint density at radius 2 is 1.79 bits per heavy atom. The van der Waals surface area contributed by atoms with E-state index in [9.17, 15) is 18.5 Å². The number of H-pyrrole nitrogens is 1. The highest BCUT2D eigenvalue weighted by atomic mass is 32.2. The molecule has 2 aromatic carbocycles. The monoisotopic (exact) mass is 415 g/mol. The first kappa shape index (κ1) is 19.3. The molecule has 0 radical (unpaired) electrons. The van der Waals surface area contributed by atoms with Crippen LogP contribution in [0.15, 0.2) is 41.3 Å². The Balaban J connectivity index is 1.54. The summed E-state index contributed by atoms with van der Waals surface area (Å²) in [7, 11) is -3.81. The van der Waals surface area contributed by atoms with Gasteiger partial charge in [0.2, 0.25) is 16.0 Å². The van der Waals surface area contributed by atoms with Crippen LogP contribution < -0.4 is 4.90 Å². The third-order valence-corrected chi connectivity index (χ3v) is 7.20. The summed E-state index contributed by atoms with van der Waals surface area (Å²) in [6, 6.07) is 9.90. The zero-order valence-electron chi connectivity index (χ0n) is 16.1. The number of rotatable bonds is 4. The van der Waals surface area contributed by atoms with Gasteiger partial charge in [-0.05, 0) is 37.1 Å². The van der Waals surface area contributed by atoms with Crippen molar-refractivity contribution in [3.05, 3.63) is 57.6 Å². The number of anilines is 1. The molecule has 0 spiro atoms. The number of benzene rings is 2. The normalized spacial score (nSPS) is 15.7. The highest BCUT2D eigenvalue weighted by Crippen LogP contribution is 2.26. The first-order chi connectivity index (χ1) is 13.8. The number of nitrogens with one attached hydrogen (secondary N) is 1. The van der Waals surface area contributed by atoms with E-state index in [-0.39, 0.29) is 23.7 Å². The van der Waals surface area contributed by atoms with Crippen molar-refractivity contribution in [2.75, 3.05) is 31.1 Å². The zero-order chi connectivity index (χ0) is 20.8. The number of imidazole rings is 1. The van der Waals surface area contributed by atoms with Crippen LogP contribution >= 0.6 is 0 Å². The molecule has 0 aliphatic carbocycles. The number of hydrogen-bond acceptors (Lipinski definition) is 6. The third kappa shape index (κ3) is 3.56. The Morgan fingerprint density at radius 1 is 1.07 bits per heavy atom. The molecular formula is C19H21N5O4S. The van der Waals surface area contributed by atoms with E-state index in [1.807, 2.05) is 30.0 Å². The molecule has 1 aliphatic heterocycles. The molecular weight excluding hydrogens is 394 g/mol. The molecule has 1 saturated heterocycles. The molecule has 0 atom stereocenters. The molecule has 1 aromatic heterocycles. The van der Waals surface area contributed by atoms with Crippen molar-refractivity contribution in [3.8, 4) is 0 Å². The maximum absolute atomic E-state index is 13.1. The molecule has 0 saturated carbocycles. The van der Waals surface area contributed by atoms with E-state index >= 15 is 0 Å². The van der Waals surface area contributed by atoms with Crippen LogP contribution in [0.5, 0.6) is 0 Å². The number of nitrogens with zero attached hydrogens (tertiary/aromatic N) is 4. The number of hydrogen-bond donors (Lipinski definition) is 1. The number of sulfonamides is 1. The Kier molecular flexibility index (Phi) is 4.75. The second kappa shape index (κ2) is 7.12. The fourth-order valence-corrected chi connectivity index (χ4v) is 5.19. The lowest BCUT2D eigenvalue weighted by Gasteiger charge is -2.34. The number of nitro groups is 1. The minimum Gasteiger partial charge on any atom is -0.340 e. The Hall–Kier alpha value is -2.98. The van der Waals surface area contributed by atoms with Gasteiger partial charge in [-0.15, -0.1) is 0 Å². The SMILES string of the molecule is Cc1ccc2nc(N3CCN(S(=O)(=O)c4cc([N+](=O)[O-])ccc4C)CC3)[nH]c2c1. The highest BCUT2D eigenvalue weighted by Gasteiger charge is 2.31. The van der Waals surface area contributed by atoms with E-state index in [2.05, 4.69) is 9.97 Å². The summed E-state index contributed by atoms with van der Waals surface area (Å²) < 4.78 is 27.5. The number of fused-ring (bicyclic) bond motifs is 1. The molecule has 4 rings (SSSR count). The Morgan fingerprint density at radius 3 is 2.48 bits per heavy atom. The summed E-state index contributed by atoms with van der Waals surface area (Å²) in [4.78, 5) is 20.3. The fraction of sp³-hybridized carbons (Fsp3) is 0.316. The van der Waals surface area contributed by atoms with E-state index in [1.54, 1.807) is 6.92 Å². The van der Waals surface area contributed by atoms with Gasteiger partial charge in [-0.3, -0.25) is 10.1 Å². The van der Waals surface area contributed by atoms with E-state index in [0.717, 1.165) is 22.7 Å². The van der Waals surface area contributed by atoms with Crippen molar-refractivity contribution in [2.24, 2.45) is 0 Å². The number of nitro benzene ring substituents is 1. The third-order valence-electron chi connectivity index (χ3n) is 5.16. The summed E-state index contributed by atoms with van der Waals surface area (Å²) in [5.41, 5.74) is 3.21. The summed E-state index contributed by atoms with van der Waals surface area (Å²) in [5, 5.41) is 11.0. The van der Waals surface area contributed by atoms with Crippen molar-refractivity contribution in [1.82, 2.24) is 14.3 Å². The first-order valence-electron chi connectivity index (χ1n) is 9.22. The zero-order valence-corrected chi connectivity index (χ0v) is 16.9. The maximum Gasteiger partial charge on any atom is 0.270 e. The summed E-state index contributed by atoms with van der Waals surface area (Å²) in [5.74, 6) is 0.717. The number of piperazine rings is 1. The molecule has 0 amide bonds. The van der Waals surface area contributed by atoms with Crippen LogP contribution in [0.25, 0.3) is 11.0 Å². The second-order valence-corrected chi connectivity index (χ2v) is 9.09. The lowest BCUT2D eigenvalue weighted by Crippen LogP contribution is -2.49. The number of aromatic nitrogens is 2. The van der Waals surface area contributed by atoms with Gasteiger partial charge >= 0.3 is 0 Å². The lowest BCUT2D eigenvalue weighted by atomic mass is 10.2. The number of non-ortho nitro benzene ring substituents is 1. The number of aromatic amines is 1. The average Bonchev–Trinajstić information content (AvgIpc) is 3.11. The molecule has 2 heterocycles. The molecule has 9 nitrogen and oxygen atoms in total. The Bertz CT molecular complexity index is 1200. The van der Waals surface area contributed by atoms with Crippen LogP contribution in [0, 0.1) is 24.0 Å². The standard InChI is InChI=1S/C19H21N5O4S/c1-13-3-6-16-17(11-13)21-19(20-16)22-7-9-23(10-8-22)29(27,28)18-12-15(24(25)26)5-4-14(18)2/h3-6,11-12H,7-10H2,1-2H3,(H,20,21). The van der Waals surface area contributed by atoms with Crippen molar-refractivity contribution in [3.63, 3.8) is 0 Å². The van der Waals surface area contributed by atoms with Crippen LogP contribution in [0.3, 0.4) is 0 Å². The minimum absolute atomic E-state index is 0.0145. The largest absolute Gasteiger partial charge is 0.340 e. The maximum atomic E-state index is 13.1. The minimum atomic E-state index is -3.81. The van der Waals surface area contributed by atoms with Crippen molar-refractivity contribution in [1.29, 1.82) is 0 Å². The Labute approximate surface area is 168 Å². The molecule has 0 unspecified atom stereocenters. The van der Waals surface area contributed by atoms with Gasteiger partial charge in [0.15, 0.2) is 0 Å². The van der Waals surface area contributed by atoms with Gasteiger partial charge in [0.1, 0.15) is 0 Å². The predicted molar refractivity (Wildman–Crippen MR) is 110 cm³/mol. The molecule has 3 aromatic rings. The van der Waals surface area contributed by atoms with E-state index in [1.165, 1.54) is 16.4 Å². The van der Waals surface area contributed by atoms with E-state index in [4.69, 9.17) is 0 Å². The summed E-state index contributed by atoms with van der Waals surface area (Å²) in [6.07, 6.45) is 0. The smallest absolute Gasteiger partial charge is 0.270 e. The van der Waals surface area contributed by atoms with Crippen molar-refractivity contribution < 1.29 is 13.3 Å². The number of aryl methyl sites for hydroxylation is 2. The molecule has 10 heteroatoms. The summed E-state index contributed by atoms with van der Waals surface area (Å²) >= 11 is 0. The van der Waals surface area contributed by atoms with Crippen LogP contribution in [-0.2, 0) is 10.0 Å². The molecule has 1 N–H and O–H groups in total. The quantitative estimate of drug-likeness (QED) is 0.518. The fourth-order valence-electron chi connectivity index (χ4n) is 3.52. The van der Waals surface area contributed by atoms with Gasteiger partial charge in [-0.2, -0.15) is 4.31 Å². The molecule has 29 heavy (non-hydrogen) atoms. The average molecular weight is 415 g/mol. The van der Waals surface area contributed by atoms with Gasteiger partial charge in [-0.25, -0.2) is 13.4 Å². The van der Waals surface area contributed by atoms with Crippen molar-refractivity contribution >= 4 is 32.7 Å². The molecule has 0 bridgehead atoms. The molecule has 1 aliphatic rings. The molecule has 152 valence electrons. The van der Waals surface area contributed by atoms with Crippen LogP contribution in [-0.4, -0.2) is 53.8 Å². The molecule has 1 fully saturated rings. The van der Waals surface area contributed by atoms with E-state index in [0.29, 0.717) is 24.6 Å². The predicted octanol–water partition coefficient (Wildman–Crippen LogP) is 2.60. The summed E-state index contributed by atoms with van der Waals surface area (Å²) in [6.45, 7) is 5.17. The van der Waals surface area contributed by atoms with Gasteiger partial charge in [0.25, 0.3) is 5.69 Å². The van der Waals surface area contributed by atoms with Gasteiger partial charge in [0.05, 0.1) is 20.9 Å². The van der Waals surface area contributed by atoms with Gasteiger partial charge < -0.3 is 9.88 Å². The van der Waals surface area contributed by atoms with Gasteiger partial charge in [0, 0.05) is 38.3 Å². The second-order valence-electron chi connectivity index (χ2n) is 7.18. The topological polar surface area (TPSA) is 112 Å². The van der Waals surface area contributed by atoms with Crippen LogP contribution in [0.1, 0.15) is 11.1 Å². The lowest BCUT2D eigenvalue weighted by molar-refractivity contribution is -0.385.